The number of allylic oxidation sites excluding steroid dienone is 4. The molecule has 0 aromatic heterocycles. The Kier molecular flexibility index (Phi) is 32.8. The summed E-state index contributed by atoms with van der Waals surface area (Å²) in [4.78, 5) is 33.3. The van der Waals surface area contributed by atoms with Gasteiger partial charge in [0.15, 0.2) is 0 Å². The van der Waals surface area contributed by atoms with E-state index in [4.69, 9.17) is 24.8 Å². The molecule has 3 atom stereocenters. The van der Waals surface area contributed by atoms with Crippen molar-refractivity contribution in [2.75, 3.05) is 26.4 Å². The lowest BCUT2D eigenvalue weighted by Gasteiger charge is -2.20. The average molecular weight is 704 g/mol. The first kappa shape index (κ1) is 46.5. The second kappa shape index (κ2) is 33.9. The number of aliphatic carboxylic acids is 1. The first-order valence-corrected chi connectivity index (χ1v) is 20.4. The monoisotopic (exact) mass is 703 g/mol. The van der Waals surface area contributed by atoms with Crippen molar-refractivity contribution in [1.29, 1.82) is 0 Å². The first-order chi connectivity index (χ1) is 23.2. The molecule has 0 radical (unpaired) electrons. The molecule has 0 bridgehead atoms. The number of carboxylic acid groups (broad SMARTS) is 1. The Bertz CT molecular complexity index is 868. The molecule has 0 saturated heterocycles. The van der Waals surface area contributed by atoms with Gasteiger partial charge in [-0.05, 0) is 44.9 Å². The summed E-state index contributed by atoms with van der Waals surface area (Å²) < 4.78 is 33.1. The highest BCUT2D eigenvalue weighted by Gasteiger charge is 2.27. The molecule has 0 fully saturated rings. The molecule has 0 heterocycles. The van der Waals surface area contributed by atoms with E-state index in [1.165, 1.54) is 77.0 Å². The first-order valence-electron chi connectivity index (χ1n) is 18.9. The van der Waals surface area contributed by atoms with Crippen LogP contribution in [0, 0.1) is 0 Å². The summed E-state index contributed by atoms with van der Waals surface area (Å²) in [5, 5.41) is 8.85. The molecule has 0 aromatic carbocycles. The van der Waals surface area contributed by atoms with Crippen molar-refractivity contribution >= 4 is 19.8 Å². The minimum absolute atomic E-state index is 0.0140. The van der Waals surface area contributed by atoms with Crippen molar-refractivity contribution in [3.63, 3.8) is 0 Å². The quantitative estimate of drug-likeness (QED) is 0.0249. The summed E-state index contributed by atoms with van der Waals surface area (Å²) in [5.41, 5.74) is 5.33. The second-order valence-electron chi connectivity index (χ2n) is 12.7. The van der Waals surface area contributed by atoms with Crippen LogP contribution in [0.1, 0.15) is 162 Å². The number of phosphoric acid groups is 1. The highest BCUT2D eigenvalue weighted by atomic mass is 31.2. The van der Waals surface area contributed by atoms with Gasteiger partial charge < -0.3 is 25.2 Å². The fourth-order valence-electron chi connectivity index (χ4n) is 4.99. The fourth-order valence-corrected chi connectivity index (χ4v) is 5.76. The molecule has 0 rings (SSSR count). The SMILES string of the molecule is CCCCCC/C=C\C/C=C\CCCCCCCC(=O)OC(COCCCCCCCCCCCC)COP(=O)(O)OCC(N)C(=O)O. The third-order valence-electron chi connectivity index (χ3n) is 7.98. The Morgan fingerprint density at radius 1 is 0.667 bits per heavy atom. The maximum atomic E-state index is 12.5. The van der Waals surface area contributed by atoms with E-state index in [1.807, 2.05) is 0 Å². The number of hydrogen-bond acceptors (Lipinski definition) is 8. The number of carboxylic acids is 1. The molecule has 0 saturated carbocycles. The van der Waals surface area contributed by atoms with E-state index in [-0.39, 0.29) is 13.0 Å². The summed E-state index contributed by atoms with van der Waals surface area (Å²) >= 11 is 0. The minimum atomic E-state index is -4.61. The third kappa shape index (κ3) is 33.0. The molecule has 11 heteroatoms. The zero-order valence-corrected chi connectivity index (χ0v) is 31.2. The van der Waals surface area contributed by atoms with Crippen molar-refractivity contribution in [3.05, 3.63) is 24.3 Å². The van der Waals surface area contributed by atoms with Gasteiger partial charge in [0, 0.05) is 13.0 Å². The Hall–Kier alpha value is -1.55. The van der Waals surface area contributed by atoms with Gasteiger partial charge in [0.05, 0.1) is 19.8 Å². The van der Waals surface area contributed by atoms with Crippen LogP contribution in [0.4, 0.5) is 0 Å². The van der Waals surface area contributed by atoms with E-state index < -0.39 is 45.1 Å². The number of hydrogen-bond donors (Lipinski definition) is 3. The summed E-state index contributed by atoms with van der Waals surface area (Å²) in [6.45, 7) is 3.82. The topological polar surface area (TPSA) is 155 Å². The minimum Gasteiger partial charge on any atom is -0.480 e. The highest BCUT2D eigenvalue weighted by molar-refractivity contribution is 7.47. The predicted octanol–water partition coefficient (Wildman–Crippen LogP) is 9.58. The van der Waals surface area contributed by atoms with Crippen LogP contribution in [0.2, 0.25) is 0 Å². The van der Waals surface area contributed by atoms with Crippen LogP contribution >= 0.6 is 7.82 Å². The normalized spacial score (nSPS) is 14.4. The Labute approximate surface area is 292 Å². The molecule has 0 spiro atoms. The molecule has 4 N–H and O–H groups in total. The third-order valence-corrected chi connectivity index (χ3v) is 8.93. The van der Waals surface area contributed by atoms with Gasteiger partial charge in [-0.1, -0.05) is 134 Å². The molecule has 0 aliphatic rings. The van der Waals surface area contributed by atoms with Gasteiger partial charge in [-0.25, -0.2) is 4.57 Å². The number of phosphoric ester groups is 1. The lowest BCUT2D eigenvalue weighted by molar-refractivity contribution is -0.154. The maximum Gasteiger partial charge on any atom is 0.472 e. The molecule has 3 unspecified atom stereocenters. The van der Waals surface area contributed by atoms with Crippen LogP contribution in [-0.4, -0.2) is 60.5 Å². The molecule has 0 aliphatic heterocycles. The van der Waals surface area contributed by atoms with Crippen molar-refractivity contribution in [2.24, 2.45) is 5.73 Å². The van der Waals surface area contributed by atoms with E-state index in [2.05, 4.69) is 42.7 Å². The Morgan fingerprint density at radius 3 is 1.71 bits per heavy atom. The predicted molar refractivity (Wildman–Crippen MR) is 194 cm³/mol. The molecule has 282 valence electrons. The summed E-state index contributed by atoms with van der Waals surface area (Å²) in [5.74, 6) is -1.79. The van der Waals surface area contributed by atoms with Gasteiger partial charge in [0.25, 0.3) is 0 Å². The van der Waals surface area contributed by atoms with Gasteiger partial charge in [-0.2, -0.15) is 0 Å². The number of esters is 1. The van der Waals surface area contributed by atoms with Gasteiger partial charge in [-0.15, -0.1) is 0 Å². The molecule has 0 aromatic rings. The summed E-state index contributed by atoms with van der Waals surface area (Å²) in [6, 6.07) is -1.47. The maximum absolute atomic E-state index is 12.5. The second-order valence-corrected chi connectivity index (χ2v) is 14.2. The van der Waals surface area contributed by atoms with Crippen molar-refractivity contribution in [1.82, 2.24) is 0 Å². The van der Waals surface area contributed by atoms with E-state index in [0.717, 1.165) is 57.8 Å². The lowest BCUT2D eigenvalue weighted by atomic mass is 10.1. The van der Waals surface area contributed by atoms with Gasteiger partial charge >= 0.3 is 19.8 Å². The molecule has 48 heavy (non-hydrogen) atoms. The van der Waals surface area contributed by atoms with Gasteiger partial charge in [0.2, 0.25) is 0 Å². The number of unbranched alkanes of at least 4 members (excludes halogenated alkanes) is 18. The van der Waals surface area contributed by atoms with E-state index >= 15 is 0 Å². The van der Waals surface area contributed by atoms with E-state index in [9.17, 15) is 19.0 Å². The van der Waals surface area contributed by atoms with Gasteiger partial charge in [0.1, 0.15) is 12.1 Å². The highest BCUT2D eigenvalue weighted by Crippen LogP contribution is 2.43. The van der Waals surface area contributed by atoms with Crippen LogP contribution in [0.15, 0.2) is 24.3 Å². The molecule has 0 aliphatic carbocycles. The van der Waals surface area contributed by atoms with E-state index in [1.54, 1.807) is 0 Å². The standard InChI is InChI=1S/C37H70NO9P/c1-3-5-7-9-11-13-15-16-17-18-19-20-21-23-25-27-29-36(39)47-34(32-45-48(42,43)46-33-35(38)37(40)41)31-44-30-28-26-24-22-14-12-10-8-6-4-2/h13,15,17-18,34-35H,3-12,14,16,19-33,38H2,1-2H3,(H,40,41)(H,42,43)/b15-13-,18-17-. The number of carbonyl (C=O) groups excluding carboxylic acids is 1. The lowest BCUT2D eigenvalue weighted by Crippen LogP contribution is -2.34. The molecule has 10 nitrogen and oxygen atoms in total. The van der Waals surface area contributed by atoms with Crippen molar-refractivity contribution < 1.29 is 42.7 Å². The van der Waals surface area contributed by atoms with Crippen molar-refractivity contribution in [3.8, 4) is 0 Å². The number of ether oxygens (including phenoxy) is 2. The van der Waals surface area contributed by atoms with Crippen LogP contribution < -0.4 is 5.73 Å². The Balaban J connectivity index is 4.32. The average Bonchev–Trinajstić information content (AvgIpc) is 3.06. The summed E-state index contributed by atoms with van der Waals surface area (Å²) in [6.07, 6.45) is 33.7. The molecular formula is C37H70NO9P. The molecular weight excluding hydrogens is 633 g/mol. The van der Waals surface area contributed by atoms with E-state index in [0.29, 0.717) is 13.0 Å². The smallest absolute Gasteiger partial charge is 0.472 e. The molecule has 0 amide bonds. The largest absolute Gasteiger partial charge is 0.480 e. The number of nitrogens with two attached hydrogens (primary N) is 1. The van der Waals surface area contributed by atoms with Crippen molar-refractivity contribution in [2.45, 2.75) is 174 Å². The summed E-state index contributed by atoms with van der Waals surface area (Å²) in [7, 11) is -4.61. The van der Waals surface area contributed by atoms with Crippen LogP contribution in [0.5, 0.6) is 0 Å². The van der Waals surface area contributed by atoms with Gasteiger partial charge in [-0.3, -0.25) is 18.6 Å². The van der Waals surface area contributed by atoms with Crippen LogP contribution in [-0.2, 0) is 32.7 Å². The number of rotatable bonds is 36. The number of carbonyl (C=O) groups is 2. The van der Waals surface area contributed by atoms with Crippen LogP contribution in [0.25, 0.3) is 0 Å². The zero-order chi connectivity index (χ0) is 35.6. The zero-order valence-electron chi connectivity index (χ0n) is 30.3. The Morgan fingerprint density at radius 2 is 1.15 bits per heavy atom. The fraction of sp³-hybridized carbons (Fsp3) is 0.838. The van der Waals surface area contributed by atoms with Crippen LogP contribution in [0.3, 0.4) is 0 Å².